The van der Waals surface area contributed by atoms with Crippen molar-refractivity contribution in [2.45, 2.75) is 71.6 Å². The molecule has 2 atom stereocenters. The van der Waals surface area contributed by atoms with E-state index < -0.39 is 5.60 Å². The Bertz CT molecular complexity index is 324. The molecular formula is C15H30N2O3. The van der Waals surface area contributed by atoms with E-state index in [2.05, 4.69) is 10.6 Å². The molecule has 1 amide bonds. The molecule has 0 spiro atoms. The van der Waals surface area contributed by atoms with Gasteiger partial charge < -0.3 is 20.5 Å². The molecule has 0 aromatic rings. The van der Waals surface area contributed by atoms with Gasteiger partial charge in [0.15, 0.2) is 0 Å². The number of alkyl carbamates (subject to hydrolysis) is 1. The van der Waals surface area contributed by atoms with Crippen molar-refractivity contribution in [2.75, 3.05) is 13.2 Å². The van der Waals surface area contributed by atoms with Crippen LogP contribution in [-0.4, -0.2) is 42.0 Å². The number of rotatable bonds is 5. The number of nitrogens with one attached hydrogen (secondary N) is 2. The van der Waals surface area contributed by atoms with Gasteiger partial charge in [-0.3, -0.25) is 0 Å². The topological polar surface area (TPSA) is 70.6 Å². The van der Waals surface area contributed by atoms with E-state index in [-0.39, 0.29) is 24.2 Å². The van der Waals surface area contributed by atoms with Gasteiger partial charge in [-0.2, -0.15) is 0 Å². The average molecular weight is 286 g/mol. The molecule has 1 saturated carbocycles. The highest BCUT2D eigenvalue weighted by molar-refractivity contribution is 5.68. The second-order valence-corrected chi connectivity index (χ2v) is 7.56. The molecule has 1 fully saturated rings. The zero-order chi connectivity index (χ0) is 15.4. The lowest BCUT2D eigenvalue weighted by Gasteiger charge is -2.25. The molecule has 0 saturated heterocycles. The fraction of sp³-hybridized carbons (Fsp3) is 0.933. The van der Waals surface area contributed by atoms with Crippen LogP contribution in [0.1, 0.15) is 53.9 Å². The van der Waals surface area contributed by atoms with Crippen LogP contribution in [0.5, 0.6) is 0 Å². The zero-order valence-electron chi connectivity index (χ0n) is 13.5. The number of aliphatic hydroxyl groups excluding tert-OH is 1. The largest absolute Gasteiger partial charge is 0.444 e. The summed E-state index contributed by atoms with van der Waals surface area (Å²) in [6, 6.07) is 0.584. The number of carbonyl (C=O) groups excluding carboxylic acids is 1. The molecule has 3 N–H and O–H groups in total. The molecule has 118 valence electrons. The number of ether oxygens (including phenoxy) is 1. The fourth-order valence-electron chi connectivity index (χ4n) is 2.25. The minimum atomic E-state index is -0.453. The van der Waals surface area contributed by atoms with Crippen molar-refractivity contribution in [3.8, 4) is 0 Å². The Labute approximate surface area is 122 Å². The summed E-state index contributed by atoms with van der Waals surface area (Å²) in [5, 5.41) is 15.6. The highest BCUT2D eigenvalue weighted by Crippen LogP contribution is 2.21. The van der Waals surface area contributed by atoms with E-state index >= 15 is 0 Å². The van der Waals surface area contributed by atoms with E-state index in [0.29, 0.717) is 6.04 Å². The molecule has 5 heteroatoms. The summed E-state index contributed by atoms with van der Waals surface area (Å²) in [5.74, 6) is 0. The molecule has 0 aliphatic heterocycles. The number of carbonyl (C=O) groups is 1. The summed E-state index contributed by atoms with van der Waals surface area (Å²) in [5.41, 5.74) is -0.553. The van der Waals surface area contributed by atoms with E-state index in [4.69, 9.17) is 4.74 Å². The summed E-state index contributed by atoms with van der Waals surface area (Å²) in [6.45, 7) is 10.6. The molecule has 1 rings (SSSR count). The van der Waals surface area contributed by atoms with Crippen LogP contribution >= 0.6 is 0 Å². The summed E-state index contributed by atoms with van der Waals surface area (Å²) in [6.07, 6.45) is 2.60. The van der Waals surface area contributed by atoms with E-state index in [0.717, 1.165) is 25.8 Å². The lowest BCUT2D eigenvalue weighted by Crippen LogP contribution is -2.40. The Kier molecular flexibility index (Phi) is 5.83. The highest BCUT2D eigenvalue weighted by atomic mass is 16.6. The monoisotopic (exact) mass is 286 g/mol. The molecule has 0 radical (unpaired) electrons. The minimum absolute atomic E-state index is 0.101. The van der Waals surface area contributed by atoms with Gasteiger partial charge >= 0.3 is 6.09 Å². The van der Waals surface area contributed by atoms with Gasteiger partial charge in [0.2, 0.25) is 0 Å². The SMILES string of the molecule is CC(C)(CO)CNC1CCC(NC(=O)OC(C)(C)C)C1. The van der Waals surface area contributed by atoms with Gasteiger partial charge in [-0.15, -0.1) is 0 Å². The summed E-state index contributed by atoms with van der Waals surface area (Å²) < 4.78 is 5.26. The standard InChI is InChI=1S/C15H30N2O3/c1-14(2,3)20-13(19)17-12-7-6-11(8-12)16-9-15(4,5)10-18/h11-12,16,18H,6-10H2,1-5H3,(H,17,19). The second kappa shape index (κ2) is 6.76. The third-order valence-corrected chi connectivity index (χ3v) is 3.45. The number of aliphatic hydroxyl groups is 1. The molecule has 1 aliphatic carbocycles. The van der Waals surface area contributed by atoms with Gasteiger partial charge in [0.25, 0.3) is 0 Å². The van der Waals surface area contributed by atoms with Crippen LogP contribution in [0.25, 0.3) is 0 Å². The predicted molar refractivity (Wildman–Crippen MR) is 79.7 cm³/mol. The number of hydrogen-bond donors (Lipinski definition) is 3. The van der Waals surface area contributed by atoms with Gasteiger partial charge in [-0.05, 0) is 40.0 Å². The van der Waals surface area contributed by atoms with E-state index in [1.54, 1.807) is 0 Å². The van der Waals surface area contributed by atoms with E-state index in [1.807, 2.05) is 34.6 Å². The van der Waals surface area contributed by atoms with Crippen molar-refractivity contribution >= 4 is 6.09 Å². The molecule has 0 aromatic carbocycles. The fourth-order valence-corrected chi connectivity index (χ4v) is 2.25. The van der Waals surface area contributed by atoms with Crippen LogP contribution in [0.3, 0.4) is 0 Å². The van der Waals surface area contributed by atoms with Gasteiger partial charge in [-0.1, -0.05) is 13.8 Å². The summed E-state index contributed by atoms with van der Waals surface area (Å²) in [7, 11) is 0. The normalized spacial score (nSPS) is 23.7. The third kappa shape index (κ3) is 6.57. The maximum absolute atomic E-state index is 11.7. The Morgan fingerprint density at radius 1 is 1.20 bits per heavy atom. The first-order chi connectivity index (χ1) is 9.11. The van der Waals surface area contributed by atoms with Crippen LogP contribution in [0, 0.1) is 5.41 Å². The molecule has 0 bridgehead atoms. The molecule has 5 nitrogen and oxygen atoms in total. The van der Waals surface area contributed by atoms with Crippen LogP contribution in [0.15, 0.2) is 0 Å². The molecule has 20 heavy (non-hydrogen) atoms. The number of amides is 1. The lowest BCUT2D eigenvalue weighted by atomic mass is 9.94. The van der Waals surface area contributed by atoms with Crippen molar-refractivity contribution in [3.63, 3.8) is 0 Å². The van der Waals surface area contributed by atoms with Crippen LogP contribution in [0.2, 0.25) is 0 Å². The van der Waals surface area contributed by atoms with Crippen molar-refractivity contribution in [2.24, 2.45) is 5.41 Å². The van der Waals surface area contributed by atoms with Crippen molar-refractivity contribution in [1.82, 2.24) is 10.6 Å². The molecule has 1 aliphatic rings. The van der Waals surface area contributed by atoms with E-state index in [9.17, 15) is 9.90 Å². The maximum atomic E-state index is 11.7. The lowest BCUT2D eigenvalue weighted by molar-refractivity contribution is 0.0505. The molecule has 2 unspecified atom stereocenters. The first-order valence-corrected chi connectivity index (χ1v) is 7.45. The van der Waals surface area contributed by atoms with Crippen LogP contribution in [0.4, 0.5) is 4.79 Å². The molecular weight excluding hydrogens is 256 g/mol. The van der Waals surface area contributed by atoms with Gasteiger partial charge in [0, 0.05) is 30.7 Å². The third-order valence-electron chi connectivity index (χ3n) is 3.45. The minimum Gasteiger partial charge on any atom is -0.444 e. The molecule has 0 aromatic heterocycles. The first-order valence-electron chi connectivity index (χ1n) is 7.45. The smallest absolute Gasteiger partial charge is 0.407 e. The van der Waals surface area contributed by atoms with Crippen LogP contribution < -0.4 is 10.6 Å². The maximum Gasteiger partial charge on any atom is 0.407 e. The Morgan fingerprint density at radius 3 is 2.35 bits per heavy atom. The number of hydrogen-bond acceptors (Lipinski definition) is 4. The molecule has 0 heterocycles. The Balaban J connectivity index is 2.28. The van der Waals surface area contributed by atoms with Crippen molar-refractivity contribution in [1.29, 1.82) is 0 Å². The van der Waals surface area contributed by atoms with Gasteiger partial charge in [-0.25, -0.2) is 4.79 Å². The first kappa shape index (κ1) is 17.2. The Hall–Kier alpha value is -0.810. The predicted octanol–water partition coefficient (Wildman–Crippen LogP) is 2.04. The van der Waals surface area contributed by atoms with E-state index in [1.165, 1.54) is 0 Å². The summed E-state index contributed by atoms with van der Waals surface area (Å²) >= 11 is 0. The Morgan fingerprint density at radius 2 is 1.80 bits per heavy atom. The van der Waals surface area contributed by atoms with Crippen molar-refractivity contribution < 1.29 is 14.6 Å². The average Bonchev–Trinajstić information content (AvgIpc) is 2.71. The second-order valence-electron chi connectivity index (χ2n) is 7.56. The zero-order valence-corrected chi connectivity index (χ0v) is 13.5. The van der Waals surface area contributed by atoms with Gasteiger partial charge in [0.05, 0.1) is 0 Å². The van der Waals surface area contributed by atoms with Crippen molar-refractivity contribution in [3.05, 3.63) is 0 Å². The quantitative estimate of drug-likeness (QED) is 0.723. The van der Waals surface area contributed by atoms with Crippen LogP contribution in [-0.2, 0) is 4.74 Å². The summed E-state index contributed by atoms with van der Waals surface area (Å²) in [4.78, 5) is 11.7. The highest BCUT2D eigenvalue weighted by Gasteiger charge is 2.28. The van der Waals surface area contributed by atoms with Gasteiger partial charge in [0.1, 0.15) is 5.60 Å².